The summed E-state index contributed by atoms with van der Waals surface area (Å²) >= 11 is 0. The normalized spacial score (nSPS) is 25.4. The number of nitrogens with zero attached hydrogens (tertiary/aromatic N) is 1. The van der Waals surface area contributed by atoms with Crippen LogP contribution in [0.25, 0.3) is 0 Å². The van der Waals surface area contributed by atoms with Crippen LogP contribution < -0.4 is 14.8 Å². The van der Waals surface area contributed by atoms with Crippen molar-refractivity contribution >= 4 is 21.4 Å². The van der Waals surface area contributed by atoms with Gasteiger partial charge >= 0.3 is 0 Å². The van der Waals surface area contributed by atoms with Crippen LogP contribution in [0.3, 0.4) is 0 Å². The van der Waals surface area contributed by atoms with E-state index < -0.39 is 21.7 Å². The predicted octanol–water partition coefficient (Wildman–Crippen LogP) is 2.56. The maximum absolute atomic E-state index is 12.7. The smallest absolute Gasteiger partial charge is 0.251 e. The van der Waals surface area contributed by atoms with Crippen LogP contribution in [-0.4, -0.2) is 55.6 Å². The van der Waals surface area contributed by atoms with Crippen LogP contribution >= 0.6 is 0 Å². The largest absolute Gasteiger partial charge is 0.448 e. The number of carbonyl (C=O) groups is 1. The highest BCUT2D eigenvalue weighted by Crippen LogP contribution is 2.46. The topological polar surface area (TPSA) is 84.9 Å². The molecular weight excluding hydrogens is 380 g/mol. The first-order valence-electron chi connectivity index (χ1n) is 10.0. The molecule has 1 N–H and O–H groups in total. The molecule has 1 saturated carbocycles. The third-order valence-corrected chi connectivity index (χ3v) is 7.76. The van der Waals surface area contributed by atoms with Gasteiger partial charge in [-0.25, -0.2) is 8.42 Å². The van der Waals surface area contributed by atoms with Crippen LogP contribution in [0.2, 0.25) is 0 Å². The molecule has 2 heterocycles. The summed E-state index contributed by atoms with van der Waals surface area (Å²) in [6.45, 7) is 1.79. The Labute approximate surface area is 166 Å². The number of sulfone groups is 1. The first-order chi connectivity index (χ1) is 13.3. The number of hydrogen-bond acceptors (Lipinski definition) is 6. The van der Waals surface area contributed by atoms with Gasteiger partial charge in [0.05, 0.1) is 11.5 Å². The van der Waals surface area contributed by atoms with Crippen molar-refractivity contribution in [3.63, 3.8) is 0 Å². The molecule has 1 saturated heterocycles. The number of fused-ring (bicyclic) bond motifs is 1. The molecule has 1 amide bonds. The van der Waals surface area contributed by atoms with Gasteiger partial charge in [0.2, 0.25) is 5.91 Å². The molecule has 4 rings (SSSR count). The monoisotopic (exact) mass is 408 g/mol. The van der Waals surface area contributed by atoms with Gasteiger partial charge in [-0.05, 0) is 38.3 Å². The van der Waals surface area contributed by atoms with Gasteiger partial charge in [-0.1, -0.05) is 6.42 Å². The molecule has 3 aliphatic rings. The van der Waals surface area contributed by atoms with Crippen molar-refractivity contribution in [1.82, 2.24) is 4.90 Å². The molecule has 2 atom stereocenters. The zero-order chi connectivity index (χ0) is 19.9. The Hall–Kier alpha value is -1.96. The van der Waals surface area contributed by atoms with Gasteiger partial charge in [0, 0.05) is 37.7 Å². The third kappa shape index (κ3) is 3.79. The number of ether oxygens (including phenoxy) is 2. The molecule has 28 heavy (non-hydrogen) atoms. The number of anilines is 1. The molecule has 1 aromatic rings. The Morgan fingerprint density at radius 3 is 2.61 bits per heavy atom. The molecule has 0 bridgehead atoms. The zero-order valence-electron chi connectivity index (χ0n) is 16.4. The molecule has 1 spiro atoms. The average Bonchev–Trinajstić information content (AvgIpc) is 3.19. The fourth-order valence-electron chi connectivity index (χ4n) is 4.36. The first kappa shape index (κ1) is 19.4. The molecule has 0 radical (unpaired) electrons. The summed E-state index contributed by atoms with van der Waals surface area (Å²) in [5.74, 6) is 1.02. The lowest BCUT2D eigenvalue weighted by Crippen LogP contribution is -2.45. The van der Waals surface area contributed by atoms with Crippen molar-refractivity contribution in [3.8, 4) is 11.5 Å². The second kappa shape index (κ2) is 7.13. The van der Waals surface area contributed by atoms with E-state index in [2.05, 4.69) is 5.32 Å². The highest BCUT2D eigenvalue weighted by Gasteiger charge is 2.42. The molecule has 2 aliphatic heterocycles. The van der Waals surface area contributed by atoms with Crippen molar-refractivity contribution in [3.05, 3.63) is 18.2 Å². The molecular formula is C20H28N2O5S. The van der Waals surface area contributed by atoms with Crippen LogP contribution in [-0.2, 0) is 14.6 Å². The second-order valence-corrected chi connectivity index (χ2v) is 10.4. The predicted molar refractivity (Wildman–Crippen MR) is 106 cm³/mol. The van der Waals surface area contributed by atoms with Crippen molar-refractivity contribution in [2.75, 3.05) is 23.9 Å². The summed E-state index contributed by atoms with van der Waals surface area (Å²) in [6.07, 6.45) is 5.72. The zero-order valence-corrected chi connectivity index (χ0v) is 17.3. The molecule has 0 unspecified atom stereocenters. The molecule has 154 valence electrons. The van der Waals surface area contributed by atoms with Crippen LogP contribution in [0, 0.1) is 0 Å². The summed E-state index contributed by atoms with van der Waals surface area (Å²) in [5, 5.41) is 3.21. The fraction of sp³-hybridized carbons (Fsp3) is 0.650. The lowest BCUT2D eigenvalue weighted by Gasteiger charge is -2.31. The summed E-state index contributed by atoms with van der Waals surface area (Å²) in [7, 11) is -1.34. The summed E-state index contributed by atoms with van der Waals surface area (Å²) < 4.78 is 35.6. The quantitative estimate of drug-likeness (QED) is 0.824. The number of nitrogens with one attached hydrogen (secondary N) is 1. The maximum atomic E-state index is 12.7. The van der Waals surface area contributed by atoms with E-state index in [0.717, 1.165) is 37.1 Å². The molecule has 0 aromatic heterocycles. The molecule has 1 aromatic carbocycles. The fourth-order valence-corrected chi connectivity index (χ4v) is 6.13. The Kier molecular flexibility index (Phi) is 4.93. The number of benzene rings is 1. The standard InChI is InChI=1S/C20H28N2O5S/c1-14(19(23)22(2)16-8-11-28(24,25)13-16)21-15-6-7-17-18(12-15)27-20(26-17)9-4-3-5-10-20/h6-7,12,14,16,21H,3-5,8-11,13H2,1-2H3/t14-,16-/m1/s1. The highest BCUT2D eigenvalue weighted by molar-refractivity contribution is 7.91. The Balaban J connectivity index is 1.40. The summed E-state index contributed by atoms with van der Waals surface area (Å²) in [4.78, 5) is 14.3. The van der Waals surface area contributed by atoms with E-state index in [1.54, 1.807) is 18.9 Å². The van der Waals surface area contributed by atoms with E-state index in [1.165, 1.54) is 6.42 Å². The number of carbonyl (C=O) groups excluding carboxylic acids is 1. The van der Waals surface area contributed by atoms with Gasteiger partial charge in [0.25, 0.3) is 5.79 Å². The molecule has 2 fully saturated rings. The van der Waals surface area contributed by atoms with E-state index in [4.69, 9.17) is 9.47 Å². The first-order valence-corrected chi connectivity index (χ1v) is 11.8. The van der Waals surface area contributed by atoms with E-state index in [0.29, 0.717) is 12.2 Å². The van der Waals surface area contributed by atoms with E-state index >= 15 is 0 Å². The van der Waals surface area contributed by atoms with E-state index in [1.807, 2.05) is 18.2 Å². The Morgan fingerprint density at radius 1 is 1.21 bits per heavy atom. The van der Waals surface area contributed by atoms with E-state index in [-0.39, 0.29) is 23.5 Å². The average molecular weight is 409 g/mol. The van der Waals surface area contributed by atoms with Gasteiger partial charge in [0.15, 0.2) is 21.3 Å². The molecule has 1 aliphatic carbocycles. The minimum Gasteiger partial charge on any atom is -0.448 e. The van der Waals surface area contributed by atoms with Crippen molar-refractivity contribution in [2.45, 2.75) is 63.3 Å². The SMILES string of the molecule is C[C@@H](Nc1ccc2c(c1)OC1(CCCCC1)O2)C(=O)N(C)[C@@H]1CCS(=O)(=O)C1. The molecule has 7 nitrogen and oxygen atoms in total. The van der Waals surface area contributed by atoms with Gasteiger partial charge in [-0.2, -0.15) is 0 Å². The van der Waals surface area contributed by atoms with Gasteiger partial charge in [-0.15, -0.1) is 0 Å². The highest BCUT2D eigenvalue weighted by atomic mass is 32.2. The number of likely N-dealkylation sites (N-methyl/N-ethyl adjacent to an activating group) is 1. The van der Waals surface area contributed by atoms with E-state index in [9.17, 15) is 13.2 Å². The lowest BCUT2D eigenvalue weighted by molar-refractivity contribution is -0.132. The second-order valence-electron chi connectivity index (χ2n) is 8.21. The number of amides is 1. The van der Waals surface area contributed by atoms with Crippen LogP contribution in [0.1, 0.15) is 45.4 Å². The Morgan fingerprint density at radius 2 is 1.93 bits per heavy atom. The van der Waals surface area contributed by atoms with Crippen molar-refractivity contribution in [2.24, 2.45) is 0 Å². The van der Waals surface area contributed by atoms with Crippen LogP contribution in [0.15, 0.2) is 18.2 Å². The van der Waals surface area contributed by atoms with Gasteiger partial charge in [0.1, 0.15) is 6.04 Å². The van der Waals surface area contributed by atoms with Crippen molar-refractivity contribution in [1.29, 1.82) is 0 Å². The molecule has 8 heteroatoms. The van der Waals surface area contributed by atoms with Gasteiger partial charge in [-0.3, -0.25) is 4.79 Å². The minimum atomic E-state index is -3.02. The van der Waals surface area contributed by atoms with Crippen LogP contribution in [0.4, 0.5) is 5.69 Å². The lowest BCUT2D eigenvalue weighted by atomic mass is 9.94. The van der Waals surface area contributed by atoms with Gasteiger partial charge < -0.3 is 19.7 Å². The van der Waals surface area contributed by atoms with Crippen molar-refractivity contribution < 1.29 is 22.7 Å². The third-order valence-electron chi connectivity index (χ3n) is 6.01. The summed E-state index contributed by atoms with van der Waals surface area (Å²) in [6, 6.07) is 4.92. The number of hydrogen-bond donors (Lipinski definition) is 1. The summed E-state index contributed by atoms with van der Waals surface area (Å²) in [5.41, 5.74) is 0.781. The number of rotatable bonds is 4. The van der Waals surface area contributed by atoms with Crippen LogP contribution in [0.5, 0.6) is 11.5 Å². The minimum absolute atomic E-state index is 0.0497. The maximum Gasteiger partial charge on any atom is 0.251 e. The Bertz CT molecular complexity index is 863.